The molecule has 134 valence electrons. The van der Waals surface area contributed by atoms with Gasteiger partial charge in [0.25, 0.3) is 0 Å². The maximum absolute atomic E-state index is 12.7. The van der Waals surface area contributed by atoms with Gasteiger partial charge in [-0.1, -0.05) is 24.3 Å². The molecule has 25 heavy (non-hydrogen) atoms. The minimum atomic E-state index is -1.23. The van der Waals surface area contributed by atoms with E-state index in [0.717, 1.165) is 33.9 Å². The highest BCUT2D eigenvalue weighted by molar-refractivity contribution is 7.85. The fourth-order valence-electron chi connectivity index (χ4n) is 2.82. The predicted octanol–water partition coefficient (Wildman–Crippen LogP) is 1.49. The molecule has 0 aromatic heterocycles. The Morgan fingerprint density at radius 2 is 2.00 bits per heavy atom. The van der Waals surface area contributed by atoms with E-state index in [1.807, 2.05) is 48.5 Å². The zero-order chi connectivity index (χ0) is 17.6. The smallest absolute Gasteiger partial charge is 0.124 e. The van der Waals surface area contributed by atoms with E-state index in [4.69, 9.17) is 9.84 Å². The third-order valence-corrected chi connectivity index (χ3v) is 5.58. The van der Waals surface area contributed by atoms with E-state index in [1.165, 1.54) is 0 Å². The van der Waals surface area contributed by atoms with Gasteiger partial charge in [-0.3, -0.25) is 0 Å². The van der Waals surface area contributed by atoms with E-state index in [-0.39, 0.29) is 12.7 Å². The average Bonchev–Trinajstić information content (AvgIpc) is 2.67. The summed E-state index contributed by atoms with van der Waals surface area (Å²) in [5, 5.41) is 21.3. The van der Waals surface area contributed by atoms with Crippen LogP contribution in [0.4, 0.5) is 0 Å². The van der Waals surface area contributed by atoms with E-state index < -0.39 is 16.9 Å². The molecule has 1 aliphatic heterocycles. The first-order valence-electron chi connectivity index (χ1n) is 8.43. The van der Waals surface area contributed by atoms with E-state index in [1.54, 1.807) is 0 Å². The Morgan fingerprint density at radius 3 is 2.76 bits per heavy atom. The number of aliphatic hydroxyl groups is 2. The van der Waals surface area contributed by atoms with Gasteiger partial charge in [-0.05, 0) is 42.7 Å². The van der Waals surface area contributed by atoms with Crippen LogP contribution in [0.5, 0.6) is 5.75 Å². The molecule has 1 aliphatic rings. The van der Waals surface area contributed by atoms with Crippen LogP contribution < -0.4 is 10.1 Å². The Bertz CT molecular complexity index is 723. The van der Waals surface area contributed by atoms with Crippen molar-refractivity contribution in [2.75, 3.05) is 19.7 Å². The Balaban J connectivity index is 1.66. The molecule has 3 atom stereocenters. The summed E-state index contributed by atoms with van der Waals surface area (Å²) in [5.41, 5.74) is 1.13. The van der Waals surface area contributed by atoms with E-state index in [9.17, 15) is 9.32 Å². The van der Waals surface area contributed by atoms with Gasteiger partial charge in [0.15, 0.2) is 0 Å². The van der Waals surface area contributed by atoms with Crippen molar-refractivity contribution in [2.24, 2.45) is 0 Å². The van der Waals surface area contributed by atoms with Crippen LogP contribution in [0.3, 0.4) is 0 Å². The first-order valence-corrected chi connectivity index (χ1v) is 9.58. The first kappa shape index (κ1) is 18.1. The molecule has 2 unspecified atom stereocenters. The van der Waals surface area contributed by atoms with Crippen LogP contribution in [-0.2, 0) is 17.2 Å². The zero-order valence-electron chi connectivity index (χ0n) is 13.9. The van der Waals surface area contributed by atoms with Crippen molar-refractivity contribution >= 4 is 10.8 Å². The molecule has 0 fully saturated rings. The van der Waals surface area contributed by atoms with Crippen molar-refractivity contribution in [3.63, 3.8) is 0 Å². The molecular formula is C19H23NO4S. The van der Waals surface area contributed by atoms with Gasteiger partial charge in [-0.25, -0.2) is 4.21 Å². The van der Waals surface area contributed by atoms with Gasteiger partial charge >= 0.3 is 0 Å². The van der Waals surface area contributed by atoms with Gasteiger partial charge in [-0.15, -0.1) is 0 Å². The quantitative estimate of drug-likeness (QED) is 0.696. The molecular weight excluding hydrogens is 338 g/mol. The molecule has 0 saturated heterocycles. The van der Waals surface area contributed by atoms with Crippen LogP contribution in [0.15, 0.2) is 58.3 Å². The number of fused-ring (bicyclic) bond motifs is 1. The van der Waals surface area contributed by atoms with E-state index in [2.05, 4.69) is 5.32 Å². The second kappa shape index (κ2) is 8.58. The summed E-state index contributed by atoms with van der Waals surface area (Å²) in [6.45, 7) is 0.680. The summed E-state index contributed by atoms with van der Waals surface area (Å²) in [6.07, 6.45) is 1.04. The standard InChI is InChI=1S/C19H23NO4S/c21-13-15(22)11-20-12-16-8-6-14-7-9-18(10-19(14)24-16)25(23)17-4-2-1-3-5-17/h1-5,7,9-10,15-16,20-22H,6,8,11-13H2/t15?,16-,25?/m1/s1. The monoisotopic (exact) mass is 361 g/mol. The summed E-state index contributed by atoms with van der Waals surface area (Å²) < 4.78 is 18.7. The van der Waals surface area contributed by atoms with Crippen LogP contribution in [0, 0.1) is 0 Å². The molecule has 0 aliphatic carbocycles. The molecule has 0 amide bonds. The predicted molar refractivity (Wildman–Crippen MR) is 96.3 cm³/mol. The Labute approximate surface area is 150 Å². The molecule has 0 bridgehead atoms. The molecule has 6 heteroatoms. The summed E-state index contributed by atoms with van der Waals surface area (Å²) >= 11 is 0. The number of hydrogen-bond acceptors (Lipinski definition) is 5. The van der Waals surface area contributed by atoms with Crippen molar-refractivity contribution in [1.29, 1.82) is 0 Å². The molecule has 3 rings (SSSR count). The van der Waals surface area contributed by atoms with Crippen molar-refractivity contribution < 1.29 is 19.2 Å². The van der Waals surface area contributed by atoms with Crippen molar-refractivity contribution in [3.8, 4) is 5.75 Å². The van der Waals surface area contributed by atoms with Crippen molar-refractivity contribution in [1.82, 2.24) is 5.32 Å². The Kier molecular flexibility index (Phi) is 6.20. The molecule has 0 spiro atoms. The second-order valence-corrected chi connectivity index (χ2v) is 7.60. The topological polar surface area (TPSA) is 78.8 Å². The fraction of sp³-hybridized carbons (Fsp3) is 0.368. The minimum Gasteiger partial charge on any atom is -0.489 e. The summed E-state index contributed by atoms with van der Waals surface area (Å²) in [5.74, 6) is 0.780. The minimum absolute atomic E-state index is 0.00111. The van der Waals surface area contributed by atoms with Gasteiger partial charge in [0, 0.05) is 22.9 Å². The third kappa shape index (κ3) is 4.67. The van der Waals surface area contributed by atoms with Crippen LogP contribution in [-0.4, -0.2) is 46.3 Å². The lowest BCUT2D eigenvalue weighted by atomic mass is 10.0. The molecule has 0 radical (unpaired) electrons. The zero-order valence-corrected chi connectivity index (χ0v) is 14.7. The highest BCUT2D eigenvalue weighted by Crippen LogP contribution is 2.30. The number of ether oxygens (including phenoxy) is 1. The van der Waals surface area contributed by atoms with Crippen molar-refractivity contribution in [2.45, 2.75) is 34.8 Å². The molecule has 2 aromatic rings. The normalized spacial score (nSPS) is 18.9. The second-order valence-electron chi connectivity index (χ2n) is 6.12. The largest absolute Gasteiger partial charge is 0.489 e. The summed E-state index contributed by atoms with van der Waals surface area (Å²) in [6, 6.07) is 15.1. The molecule has 3 N–H and O–H groups in total. The van der Waals surface area contributed by atoms with Gasteiger partial charge in [0.2, 0.25) is 0 Å². The highest BCUT2D eigenvalue weighted by atomic mass is 32.2. The molecule has 1 heterocycles. The van der Waals surface area contributed by atoms with E-state index in [0.29, 0.717) is 13.1 Å². The maximum atomic E-state index is 12.7. The SMILES string of the molecule is O=S(c1ccccc1)c1ccc2c(c1)O[C@@H](CNCC(O)CO)CC2. The number of nitrogens with one attached hydrogen (secondary N) is 1. The summed E-state index contributed by atoms with van der Waals surface area (Å²) in [4.78, 5) is 1.50. The number of rotatable bonds is 7. The highest BCUT2D eigenvalue weighted by Gasteiger charge is 2.21. The van der Waals surface area contributed by atoms with Crippen LogP contribution in [0.2, 0.25) is 0 Å². The maximum Gasteiger partial charge on any atom is 0.124 e. The Hall–Kier alpha value is -1.73. The lowest BCUT2D eigenvalue weighted by molar-refractivity contribution is 0.0893. The lowest BCUT2D eigenvalue weighted by Crippen LogP contribution is -2.38. The van der Waals surface area contributed by atoms with Crippen molar-refractivity contribution in [3.05, 3.63) is 54.1 Å². The van der Waals surface area contributed by atoms with Gasteiger partial charge < -0.3 is 20.3 Å². The first-order chi connectivity index (χ1) is 12.2. The lowest BCUT2D eigenvalue weighted by Gasteiger charge is -2.27. The summed E-state index contributed by atoms with van der Waals surface area (Å²) in [7, 11) is -1.23. The van der Waals surface area contributed by atoms with Gasteiger partial charge in [0.1, 0.15) is 11.9 Å². The molecule has 0 saturated carbocycles. The van der Waals surface area contributed by atoms with Crippen LogP contribution in [0.1, 0.15) is 12.0 Å². The van der Waals surface area contributed by atoms with Gasteiger partial charge in [0.05, 0.1) is 23.5 Å². The average molecular weight is 361 g/mol. The number of benzene rings is 2. The van der Waals surface area contributed by atoms with Crippen LogP contribution >= 0.6 is 0 Å². The molecule has 2 aromatic carbocycles. The fourth-order valence-corrected chi connectivity index (χ4v) is 3.90. The third-order valence-electron chi connectivity index (χ3n) is 4.20. The number of hydrogen-bond donors (Lipinski definition) is 3. The Morgan fingerprint density at radius 1 is 1.20 bits per heavy atom. The van der Waals surface area contributed by atoms with E-state index >= 15 is 0 Å². The number of aryl methyl sites for hydroxylation is 1. The molecule has 5 nitrogen and oxygen atoms in total. The van der Waals surface area contributed by atoms with Crippen LogP contribution in [0.25, 0.3) is 0 Å². The number of aliphatic hydroxyl groups excluding tert-OH is 2. The van der Waals surface area contributed by atoms with Gasteiger partial charge in [-0.2, -0.15) is 0 Å².